The number of hydrogen-bond acceptors (Lipinski definition) is 3. The van der Waals surface area contributed by atoms with Gasteiger partial charge in [0, 0.05) is 33.5 Å². The number of thiophene rings is 1. The Bertz CT molecular complexity index is 493. The zero-order valence-corrected chi connectivity index (χ0v) is 12.8. The molecule has 96 valence electrons. The number of benzene rings is 1. The van der Waals surface area contributed by atoms with Crippen molar-refractivity contribution in [2.75, 3.05) is 19.3 Å². The predicted molar refractivity (Wildman–Crippen MR) is 82.9 cm³/mol. The summed E-state index contributed by atoms with van der Waals surface area (Å²) in [6, 6.07) is 10.3. The second-order valence-corrected chi connectivity index (χ2v) is 6.37. The third-order valence-corrected chi connectivity index (χ3v) is 4.55. The normalized spacial score (nSPS) is 11.1. The van der Waals surface area contributed by atoms with Crippen molar-refractivity contribution in [3.8, 4) is 0 Å². The Morgan fingerprint density at radius 1 is 1.28 bits per heavy atom. The minimum atomic E-state index is 0.824. The second-order valence-electron chi connectivity index (χ2n) is 4.46. The highest BCUT2D eigenvalue weighted by molar-refractivity contribution is 9.10. The van der Waals surface area contributed by atoms with Gasteiger partial charge in [0.15, 0.2) is 0 Å². The van der Waals surface area contributed by atoms with Crippen LogP contribution in [0.25, 0.3) is 0 Å². The zero-order valence-electron chi connectivity index (χ0n) is 10.4. The van der Waals surface area contributed by atoms with E-state index in [1.807, 2.05) is 23.5 Å². The first kappa shape index (κ1) is 13.6. The minimum absolute atomic E-state index is 0.824. The molecule has 0 unspecified atom stereocenters. The molecule has 0 aliphatic carbocycles. The zero-order chi connectivity index (χ0) is 13.0. The lowest BCUT2D eigenvalue weighted by Gasteiger charge is -2.16. The molecule has 0 saturated heterocycles. The molecule has 1 aromatic carbocycles. The highest BCUT2D eigenvalue weighted by Gasteiger charge is 2.03. The van der Waals surface area contributed by atoms with E-state index in [4.69, 9.17) is 5.73 Å². The van der Waals surface area contributed by atoms with Crippen molar-refractivity contribution in [3.63, 3.8) is 0 Å². The third kappa shape index (κ3) is 4.12. The highest BCUT2D eigenvalue weighted by Crippen LogP contribution is 2.20. The van der Waals surface area contributed by atoms with Gasteiger partial charge in [-0.3, -0.25) is 0 Å². The van der Waals surface area contributed by atoms with Gasteiger partial charge in [-0.2, -0.15) is 0 Å². The lowest BCUT2D eigenvalue weighted by molar-refractivity contribution is 0.332. The van der Waals surface area contributed by atoms with Crippen LogP contribution in [0.1, 0.15) is 10.4 Å². The van der Waals surface area contributed by atoms with Crippen molar-refractivity contribution in [2.24, 2.45) is 0 Å². The Morgan fingerprint density at radius 3 is 2.61 bits per heavy atom. The van der Waals surface area contributed by atoms with E-state index in [2.05, 4.69) is 51.5 Å². The molecule has 0 spiro atoms. The van der Waals surface area contributed by atoms with Gasteiger partial charge in [0.1, 0.15) is 0 Å². The number of hydrogen-bond donors (Lipinski definition) is 1. The van der Waals surface area contributed by atoms with Crippen molar-refractivity contribution < 1.29 is 0 Å². The molecule has 0 atom stereocenters. The number of nitrogens with zero attached hydrogens (tertiary/aromatic N) is 1. The SMILES string of the molecule is CN(CCc1cc(Br)cs1)Cc1ccc(N)cc1. The molecule has 2 rings (SSSR count). The van der Waals surface area contributed by atoms with Crippen LogP contribution in [0, 0.1) is 0 Å². The van der Waals surface area contributed by atoms with E-state index >= 15 is 0 Å². The average Bonchev–Trinajstić information content (AvgIpc) is 2.76. The number of likely N-dealkylation sites (N-methyl/N-ethyl adjacent to an activating group) is 1. The van der Waals surface area contributed by atoms with Crippen molar-refractivity contribution in [1.29, 1.82) is 0 Å². The molecule has 1 heterocycles. The van der Waals surface area contributed by atoms with Crippen LogP contribution in [0.3, 0.4) is 0 Å². The van der Waals surface area contributed by atoms with E-state index in [9.17, 15) is 0 Å². The van der Waals surface area contributed by atoms with Gasteiger partial charge in [0.2, 0.25) is 0 Å². The molecular formula is C14H17BrN2S. The average molecular weight is 325 g/mol. The van der Waals surface area contributed by atoms with Crippen LogP contribution in [-0.2, 0) is 13.0 Å². The van der Waals surface area contributed by atoms with Gasteiger partial charge < -0.3 is 10.6 Å². The van der Waals surface area contributed by atoms with E-state index in [0.717, 1.165) is 25.2 Å². The predicted octanol–water partition coefficient (Wildman–Crippen LogP) is 3.77. The molecule has 2 N–H and O–H groups in total. The van der Waals surface area contributed by atoms with Gasteiger partial charge in [0.25, 0.3) is 0 Å². The van der Waals surface area contributed by atoms with E-state index < -0.39 is 0 Å². The maximum atomic E-state index is 5.68. The van der Waals surface area contributed by atoms with Crippen molar-refractivity contribution in [2.45, 2.75) is 13.0 Å². The van der Waals surface area contributed by atoms with Crippen LogP contribution in [-0.4, -0.2) is 18.5 Å². The Kier molecular flexibility index (Phi) is 4.80. The summed E-state index contributed by atoms with van der Waals surface area (Å²) in [4.78, 5) is 3.75. The van der Waals surface area contributed by atoms with Crippen LogP contribution in [0.4, 0.5) is 5.69 Å². The van der Waals surface area contributed by atoms with Gasteiger partial charge >= 0.3 is 0 Å². The van der Waals surface area contributed by atoms with E-state index in [0.29, 0.717) is 0 Å². The topological polar surface area (TPSA) is 29.3 Å². The smallest absolute Gasteiger partial charge is 0.0314 e. The lowest BCUT2D eigenvalue weighted by atomic mass is 10.2. The number of nitrogens with two attached hydrogens (primary N) is 1. The summed E-state index contributed by atoms with van der Waals surface area (Å²) in [7, 11) is 2.15. The maximum Gasteiger partial charge on any atom is 0.0314 e. The van der Waals surface area contributed by atoms with E-state index in [1.54, 1.807) is 0 Å². The van der Waals surface area contributed by atoms with E-state index in [-0.39, 0.29) is 0 Å². The first-order valence-electron chi connectivity index (χ1n) is 5.89. The van der Waals surface area contributed by atoms with Crippen LogP contribution < -0.4 is 5.73 Å². The summed E-state index contributed by atoms with van der Waals surface area (Å²) in [5.74, 6) is 0. The molecule has 0 aliphatic rings. The highest BCUT2D eigenvalue weighted by atomic mass is 79.9. The third-order valence-electron chi connectivity index (χ3n) is 2.79. The van der Waals surface area contributed by atoms with Crippen molar-refractivity contribution in [3.05, 3.63) is 50.6 Å². The summed E-state index contributed by atoms with van der Waals surface area (Å²) >= 11 is 5.29. The molecule has 0 fully saturated rings. The summed E-state index contributed by atoms with van der Waals surface area (Å²) in [6.45, 7) is 2.03. The molecule has 2 aromatic rings. The molecule has 0 amide bonds. The van der Waals surface area contributed by atoms with E-state index in [1.165, 1.54) is 14.9 Å². The molecule has 1 aromatic heterocycles. The molecule has 0 bridgehead atoms. The molecule has 2 nitrogen and oxygen atoms in total. The molecular weight excluding hydrogens is 308 g/mol. The number of rotatable bonds is 5. The van der Waals surface area contributed by atoms with Gasteiger partial charge in [-0.25, -0.2) is 0 Å². The number of nitrogen functional groups attached to an aromatic ring is 1. The standard InChI is InChI=1S/C14H17BrN2S/c1-17(7-6-14-8-12(15)10-18-14)9-11-2-4-13(16)5-3-11/h2-5,8,10H,6-7,9,16H2,1H3. The quantitative estimate of drug-likeness (QED) is 0.848. The maximum absolute atomic E-state index is 5.68. The second kappa shape index (κ2) is 6.36. The fourth-order valence-corrected chi connectivity index (χ4v) is 3.24. The Hall–Kier alpha value is -0.840. The Balaban J connectivity index is 1.81. The Labute approximate surface area is 121 Å². The van der Waals surface area contributed by atoms with Crippen molar-refractivity contribution in [1.82, 2.24) is 4.90 Å². The summed E-state index contributed by atoms with van der Waals surface area (Å²) < 4.78 is 1.18. The lowest BCUT2D eigenvalue weighted by Crippen LogP contribution is -2.20. The van der Waals surface area contributed by atoms with Gasteiger partial charge in [0.05, 0.1) is 0 Å². The van der Waals surface area contributed by atoms with Crippen LogP contribution in [0.5, 0.6) is 0 Å². The minimum Gasteiger partial charge on any atom is -0.399 e. The molecule has 0 aliphatic heterocycles. The number of halogens is 1. The molecule has 0 radical (unpaired) electrons. The monoisotopic (exact) mass is 324 g/mol. The molecule has 18 heavy (non-hydrogen) atoms. The van der Waals surface area contributed by atoms with Gasteiger partial charge in [-0.05, 0) is 53.2 Å². The van der Waals surface area contributed by atoms with Crippen molar-refractivity contribution >= 4 is 33.0 Å². The number of anilines is 1. The van der Waals surface area contributed by atoms with Gasteiger partial charge in [-0.1, -0.05) is 12.1 Å². The molecule has 4 heteroatoms. The summed E-state index contributed by atoms with van der Waals surface area (Å²) in [5.41, 5.74) is 7.81. The first-order valence-corrected chi connectivity index (χ1v) is 7.56. The molecule has 0 saturated carbocycles. The Morgan fingerprint density at radius 2 is 2.00 bits per heavy atom. The van der Waals surface area contributed by atoms with Crippen LogP contribution in [0.15, 0.2) is 40.2 Å². The van der Waals surface area contributed by atoms with Crippen LogP contribution >= 0.6 is 27.3 Å². The fourth-order valence-electron chi connectivity index (χ4n) is 1.80. The first-order chi connectivity index (χ1) is 8.63. The van der Waals surface area contributed by atoms with Gasteiger partial charge in [-0.15, -0.1) is 11.3 Å². The fraction of sp³-hybridized carbons (Fsp3) is 0.286. The van der Waals surface area contributed by atoms with Crippen LogP contribution in [0.2, 0.25) is 0 Å². The summed E-state index contributed by atoms with van der Waals surface area (Å²) in [5, 5.41) is 2.13. The largest absolute Gasteiger partial charge is 0.399 e. The summed E-state index contributed by atoms with van der Waals surface area (Å²) in [6.07, 6.45) is 1.10.